The molecule has 3 heteroatoms. The van der Waals surface area contributed by atoms with Crippen molar-refractivity contribution >= 4 is 5.78 Å². The van der Waals surface area contributed by atoms with E-state index in [-0.39, 0.29) is 11.9 Å². The summed E-state index contributed by atoms with van der Waals surface area (Å²) >= 11 is 0. The summed E-state index contributed by atoms with van der Waals surface area (Å²) in [4.78, 5) is 12.4. The van der Waals surface area contributed by atoms with Crippen LogP contribution < -0.4 is 10.1 Å². The number of carbonyl (C=O) groups is 1. The molecule has 0 aliphatic rings. The van der Waals surface area contributed by atoms with E-state index in [2.05, 4.69) is 5.32 Å². The third-order valence-electron chi connectivity index (χ3n) is 2.65. The van der Waals surface area contributed by atoms with E-state index in [1.54, 1.807) is 6.07 Å². The van der Waals surface area contributed by atoms with Gasteiger partial charge in [-0.05, 0) is 46.4 Å². The highest BCUT2D eigenvalue weighted by Gasteiger charge is 2.27. The SMILES string of the molecule is CCNC(C)(C)C(=O)c1cccc(OC(C)C)c1. The molecule has 0 unspecified atom stereocenters. The lowest BCUT2D eigenvalue weighted by atomic mass is 9.93. The molecule has 0 spiro atoms. The molecule has 0 amide bonds. The lowest BCUT2D eigenvalue weighted by Crippen LogP contribution is -2.46. The zero-order valence-corrected chi connectivity index (χ0v) is 11.9. The van der Waals surface area contributed by atoms with Crippen LogP contribution in [0, 0.1) is 0 Å². The molecule has 0 aliphatic carbocycles. The van der Waals surface area contributed by atoms with Gasteiger partial charge in [-0.2, -0.15) is 0 Å². The van der Waals surface area contributed by atoms with Gasteiger partial charge in [0, 0.05) is 5.56 Å². The summed E-state index contributed by atoms with van der Waals surface area (Å²) in [7, 11) is 0. The second kappa shape index (κ2) is 6.01. The molecule has 3 nitrogen and oxygen atoms in total. The number of hydrogen-bond donors (Lipinski definition) is 1. The molecule has 0 aromatic heterocycles. The number of nitrogens with one attached hydrogen (secondary N) is 1. The molecule has 0 saturated heterocycles. The van der Waals surface area contributed by atoms with Crippen molar-refractivity contribution in [2.24, 2.45) is 0 Å². The van der Waals surface area contributed by atoms with Gasteiger partial charge in [0.15, 0.2) is 5.78 Å². The average molecular weight is 249 g/mol. The standard InChI is InChI=1S/C15H23NO2/c1-6-16-15(4,5)14(17)12-8-7-9-13(10-12)18-11(2)3/h7-11,16H,6H2,1-5H3. The Morgan fingerprint density at radius 2 is 2.06 bits per heavy atom. The molecule has 0 fully saturated rings. The van der Waals surface area contributed by atoms with Crippen LogP contribution in [0.25, 0.3) is 0 Å². The molecule has 0 atom stereocenters. The Balaban J connectivity index is 2.92. The second-order valence-electron chi connectivity index (χ2n) is 5.18. The number of Topliss-reactive ketones (excluding diaryl/α,β-unsaturated/α-hetero) is 1. The smallest absolute Gasteiger partial charge is 0.182 e. The van der Waals surface area contributed by atoms with E-state index in [9.17, 15) is 4.79 Å². The summed E-state index contributed by atoms with van der Waals surface area (Å²) in [5.74, 6) is 0.821. The first-order valence-corrected chi connectivity index (χ1v) is 6.43. The van der Waals surface area contributed by atoms with Crippen LogP contribution in [0.15, 0.2) is 24.3 Å². The molecule has 0 heterocycles. The fraction of sp³-hybridized carbons (Fsp3) is 0.533. The van der Waals surface area contributed by atoms with E-state index < -0.39 is 5.54 Å². The highest BCUT2D eigenvalue weighted by atomic mass is 16.5. The normalized spacial score (nSPS) is 11.7. The van der Waals surface area contributed by atoms with Crippen molar-refractivity contribution in [1.82, 2.24) is 5.32 Å². The van der Waals surface area contributed by atoms with Crippen LogP contribution in [-0.2, 0) is 0 Å². The molecule has 100 valence electrons. The Labute approximate surface area is 110 Å². The quantitative estimate of drug-likeness (QED) is 0.787. The minimum absolute atomic E-state index is 0.0820. The molecule has 1 rings (SSSR count). The zero-order chi connectivity index (χ0) is 13.8. The van der Waals surface area contributed by atoms with Crippen molar-refractivity contribution in [2.45, 2.75) is 46.3 Å². The van der Waals surface area contributed by atoms with E-state index in [1.807, 2.05) is 52.8 Å². The monoisotopic (exact) mass is 249 g/mol. The summed E-state index contributed by atoms with van der Waals surface area (Å²) in [5.41, 5.74) is 0.129. The maximum atomic E-state index is 12.4. The van der Waals surface area contributed by atoms with Gasteiger partial charge in [-0.1, -0.05) is 19.1 Å². The first-order valence-electron chi connectivity index (χ1n) is 6.43. The number of ketones is 1. The molecule has 0 bridgehead atoms. The van der Waals surface area contributed by atoms with Gasteiger partial charge in [-0.15, -0.1) is 0 Å². The summed E-state index contributed by atoms with van der Waals surface area (Å²) in [6.45, 7) is 10.5. The number of hydrogen-bond acceptors (Lipinski definition) is 3. The molecule has 0 radical (unpaired) electrons. The maximum Gasteiger partial charge on any atom is 0.182 e. The van der Waals surface area contributed by atoms with E-state index in [0.29, 0.717) is 5.56 Å². The summed E-state index contributed by atoms with van der Waals surface area (Å²) in [6.07, 6.45) is 0.108. The molecular formula is C15H23NO2. The predicted octanol–water partition coefficient (Wildman–Crippen LogP) is 3.04. The van der Waals surface area contributed by atoms with Gasteiger partial charge in [-0.25, -0.2) is 0 Å². The van der Waals surface area contributed by atoms with Crippen LogP contribution in [-0.4, -0.2) is 24.0 Å². The van der Waals surface area contributed by atoms with Gasteiger partial charge in [0.2, 0.25) is 0 Å². The molecule has 1 N–H and O–H groups in total. The van der Waals surface area contributed by atoms with Crippen molar-refractivity contribution in [3.8, 4) is 5.75 Å². The van der Waals surface area contributed by atoms with E-state index >= 15 is 0 Å². The van der Waals surface area contributed by atoms with Gasteiger partial charge >= 0.3 is 0 Å². The largest absolute Gasteiger partial charge is 0.491 e. The number of carbonyl (C=O) groups excluding carboxylic acids is 1. The fourth-order valence-electron chi connectivity index (χ4n) is 1.87. The van der Waals surface area contributed by atoms with Crippen molar-refractivity contribution < 1.29 is 9.53 Å². The maximum absolute atomic E-state index is 12.4. The number of likely N-dealkylation sites (N-methyl/N-ethyl adjacent to an activating group) is 1. The molecular weight excluding hydrogens is 226 g/mol. The van der Waals surface area contributed by atoms with Crippen LogP contribution >= 0.6 is 0 Å². The van der Waals surface area contributed by atoms with Gasteiger partial charge in [0.05, 0.1) is 11.6 Å². The lowest BCUT2D eigenvalue weighted by molar-refractivity contribution is 0.0883. The minimum Gasteiger partial charge on any atom is -0.491 e. The van der Waals surface area contributed by atoms with E-state index in [1.165, 1.54) is 0 Å². The van der Waals surface area contributed by atoms with Crippen molar-refractivity contribution in [1.29, 1.82) is 0 Å². The summed E-state index contributed by atoms with van der Waals surface area (Å²) in [6, 6.07) is 7.36. The Bertz CT molecular complexity index is 411. The lowest BCUT2D eigenvalue weighted by Gasteiger charge is -2.24. The minimum atomic E-state index is -0.550. The first-order chi connectivity index (χ1) is 8.36. The van der Waals surface area contributed by atoms with Crippen molar-refractivity contribution in [2.75, 3.05) is 6.54 Å². The Kier molecular flexibility index (Phi) is 4.91. The number of rotatable bonds is 6. The number of benzene rings is 1. The Morgan fingerprint density at radius 3 is 2.61 bits per heavy atom. The van der Waals surface area contributed by atoms with Gasteiger partial charge in [0.1, 0.15) is 5.75 Å². The first kappa shape index (κ1) is 14.7. The van der Waals surface area contributed by atoms with E-state index in [4.69, 9.17) is 4.74 Å². The van der Waals surface area contributed by atoms with Crippen LogP contribution in [0.1, 0.15) is 45.0 Å². The molecule has 18 heavy (non-hydrogen) atoms. The molecule has 1 aromatic carbocycles. The average Bonchev–Trinajstić information content (AvgIpc) is 2.27. The third kappa shape index (κ3) is 3.84. The third-order valence-corrected chi connectivity index (χ3v) is 2.65. The molecule has 1 aromatic rings. The van der Waals surface area contributed by atoms with Gasteiger partial charge < -0.3 is 10.1 Å². The van der Waals surface area contributed by atoms with Crippen LogP contribution in [0.4, 0.5) is 0 Å². The van der Waals surface area contributed by atoms with Gasteiger partial charge in [0.25, 0.3) is 0 Å². The van der Waals surface area contributed by atoms with Crippen LogP contribution in [0.3, 0.4) is 0 Å². The Morgan fingerprint density at radius 1 is 1.39 bits per heavy atom. The van der Waals surface area contributed by atoms with E-state index in [0.717, 1.165) is 12.3 Å². The topological polar surface area (TPSA) is 38.3 Å². The highest BCUT2D eigenvalue weighted by Crippen LogP contribution is 2.19. The van der Waals surface area contributed by atoms with Crippen LogP contribution in [0.5, 0.6) is 5.75 Å². The van der Waals surface area contributed by atoms with Crippen molar-refractivity contribution in [3.05, 3.63) is 29.8 Å². The summed E-state index contributed by atoms with van der Waals surface area (Å²) in [5, 5.41) is 3.19. The molecule has 0 saturated carbocycles. The van der Waals surface area contributed by atoms with Gasteiger partial charge in [-0.3, -0.25) is 4.79 Å². The number of ether oxygens (including phenoxy) is 1. The second-order valence-corrected chi connectivity index (χ2v) is 5.18. The predicted molar refractivity (Wildman–Crippen MR) is 74.3 cm³/mol. The Hall–Kier alpha value is -1.35. The van der Waals surface area contributed by atoms with Crippen LogP contribution in [0.2, 0.25) is 0 Å². The highest BCUT2D eigenvalue weighted by molar-refractivity contribution is 6.02. The van der Waals surface area contributed by atoms with Crippen molar-refractivity contribution in [3.63, 3.8) is 0 Å². The zero-order valence-electron chi connectivity index (χ0n) is 11.9. The fourth-order valence-corrected chi connectivity index (χ4v) is 1.87. The summed E-state index contributed by atoms with van der Waals surface area (Å²) < 4.78 is 5.61. The molecule has 0 aliphatic heterocycles.